The van der Waals surface area contributed by atoms with Gasteiger partial charge >= 0.3 is 0 Å². The van der Waals surface area contributed by atoms with Crippen LogP contribution in [0.2, 0.25) is 10.0 Å². The lowest BCUT2D eigenvalue weighted by Crippen LogP contribution is -2.43. The molecular formula is C14H18Cl2N2OS. The lowest BCUT2D eigenvalue weighted by Gasteiger charge is -2.31. The van der Waals surface area contributed by atoms with Crippen LogP contribution in [-0.4, -0.2) is 23.5 Å². The molecule has 2 unspecified atom stereocenters. The van der Waals surface area contributed by atoms with Crippen molar-refractivity contribution in [2.45, 2.75) is 37.0 Å². The fourth-order valence-electron chi connectivity index (χ4n) is 2.57. The third-order valence-electron chi connectivity index (χ3n) is 3.62. The Morgan fingerprint density at radius 3 is 2.75 bits per heavy atom. The predicted octanol–water partition coefficient (Wildman–Crippen LogP) is 3.98. The van der Waals surface area contributed by atoms with Crippen molar-refractivity contribution in [1.29, 1.82) is 0 Å². The second-order valence-electron chi connectivity index (χ2n) is 5.00. The van der Waals surface area contributed by atoms with E-state index in [1.807, 2.05) is 0 Å². The van der Waals surface area contributed by atoms with Gasteiger partial charge in [0.2, 0.25) is 0 Å². The quantitative estimate of drug-likeness (QED) is 0.823. The van der Waals surface area contributed by atoms with Crippen LogP contribution in [0.15, 0.2) is 12.1 Å². The van der Waals surface area contributed by atoms with Gasteiger partial charge in [-0.1, -0.05) is 36.0 Å². The Bertz CT molecular complexity index is 510. The topological polar surface area (TPSA) is 55.1 Å². The van der Waals surface area contributed by atoms with E-state index in [0.29, 0.717) is 21.5 Å². The van der Waals surface area contributed by atoms with Crippen LogP contribution in [0.3, 0.4) is 0 Å². The van der Waals surface area contributed by atoms with Gasteiger partial charge in [0.15, 0.2) is 0 Å². The number of nitrogens with one attached hydrogen (secondary N) is 1. The van der Waals surface area contributed by atoms with E-state index >= 15 is 0 Å². The van der Waals surface area contributed by atoms with Crippen molar-refractivity contribution in [2.24, 2.45) is 0 Å². The summed E-state index contributed by atoms with van der Waals surface area (Å²) in [4.78, 5) is 12.4. The molecule has 0 aliphatic heterocycles. The van der Waals surface area contributed by atoms with E-state index in [0.717, 1.165) is 19.3 Å². The minimum Gasteiger partial charge on any atom is -0.399 e. The highest BCUT2D eigenvalue weighted by molar-refractivity contribution is 7.99. The van der Waals surface area contributed by atoms with Gasteiger partial charge in [0.05, 0.1) is 15.6 Å². The third-order valence-corrected chi connectivity index (χ3v) is 5.59. The van der Waals surface area contributed by atoms with Crippen LogP contribution in [0.4, 0.5) is 5.69 Å². The Balaban J connectivity index is 2.15. The number of amides is 1. The normalized spacial score (nSPS) is 22.6. The molecule has 0 heterocycles. The van der Waals surface area contributed by atoms with E-state index in [2.05, 4.69) is 11.6 Å². The highest BCUT2D eigenvalue weighted by atomic mass is 35.5. The van der Waals surface area contributed by atoms with Gasteiger partial charge in [-0.2, -0.15) is 11.8 Å². The van der Waals surface area contributed by atoms with Crippen molar-refractivity contribution in [2.75, 3.05) is 12.0 Å². The van der Waals surface area contributed by atoms with Crippen molar-refractivity contribution in [3.63, 3.8) is 0 Å². The number of hydrogen-bond acceptors (Lipinski definition) is 3. The van der Waals surface area contributed by atoms with Gasteiger partial charge in [-0.25, -0.2) is 0 Å². The summed E-state index contributed by atoms with van der Waals surface area (Å²) in [6, 6.07) is 3.30. The summed E-state index contributed by atoms with van der Waals surface area (Å²) < 4.78 is 0. The molecule has 3 N–H and O–H groups in total. The molecule has 2 rings (SSSR count). The van der Waals surface area contributed by atoms with Crippen LogP contribution < -0.4 is 11.1 Å². The molecule has 110 valence electrons. The minimum atomic E-state index is -0.199. The number of rotatable bonds is 3. The fourth-order valence-corrected chi connectivity index (χ4v) is 3.92. The summed E-state index contributed by atoms with van der Waals surface area (Å²) in [5.41, 5.74) is 6.51. The van der Waals surface area contributed by atoms with Gasteiger partial charge in [0, 0.05) is 17.0 Å². The Kier molecular flexibility index (Phi) is 5.47. The van der Waals surface area contributed by atoms with E-state index in [1.54, 1.807) is 23.9 Å². The maximum Gasteiger partial charge on any atom is 0.253 e. The summed E-state index contributed by atoms with van der Waals surface area (Å²) in [6.45, 7) is 0. The SMILES string of the molecule is CSC1CCCCC1NC(=O)c1cc(N)cc(Cl)c1Cl. The van der Waals surface area contributed by atoms with E-state index in [-0.39, 0.29) is 17.0 Å². The van der Waals surface area contributed by atoms with Gasteiger partial charge in [-0.15, -0.1) is 0 Å². The summed E-state index contributed by atoms with van der Waals surface area (Å²) in [7, 11) is 0. The number of nitrogens with two attached hydrogens (primary N) is 1. The van der Waals surface area contributed by atoms with Gasteiger partial charge in [-0.05, 0) is 31.2 Å². The van der Waals surface area contributed by atoms with Crippen LogP contribution in [0.5, 0.6) is 0 Å². The summed E-state index contributed by atoms with van der Waals surface area (Å²) in [6.07, 6.45) is 6.60. The molecule has 2 atom stereocenters. The number of anilines is 1. The first-order chi connectivity index (χ1) is 9.52. The number of carbonyl (C=O) groups excluding carboxylic acids is 1. The first kappa shape index (κ1) is 15.8. The second-order valence-corrected chi connectivity index (χ2v) is 6.86. The fraction of sp³-hybridized carbons (Fsp3) is 0.500. The predicted molar refractivity (Wildman–Crippen MR) is 87.9 cm³/mol. The minimum absolute atomic E-state index is 0.183. The summed E-state index contributed by atoms with van der Waals surface area (Å²) >= 11 is 13.9. The molecule has 0 spiro atoms. The Labute approximate surface area is 133 Å². The van der Waals surface area contributed by atoms with Crippen molar-refractivity contribution in [1.82, 2.24) is 5.32 Å². The van der Waals surface area contributed by atoms with E-state index in [4.69, 9.17) is 28.9 Å². The highest BCUT2D eigenvalue weighted by Crippen LogP contribution is 2.30. The molecule has 1 aliphatic carbocycles. The molecule has 0 radical (unpaired) electrons. The first-order valence-corrected chi connectivity index (χ1v) is 8.65. The van der Waals surface area contributed by atoms with Gasteiger partial charge in [0.1, 0.15) is 0 Å². The molecule has 1 saturated carbocycles. The molecular weight excluding hydrogens is 315 g/mol. The molecule has 1 fully saturated rings. The number of benzene rings is 1. The van der Waals surface area contributed by atoms with Crippen LogP contribution in [0.25, 0.3) is 0 Å². The third kappa shape index (κ3) is 3.54. The van der Waals surface area contributed by atoms with Crippen molar-refractivity contribution < 1.29 is 4.79 Å². The van der Waals surface area contributed by atoms with E-state index < -0.39 is 0 Å². The van der Waals surface area contributed by atoms with E-state index in [9.17, 15) is 4.79 Å². The maximum absolute atomic E-state index is 12.4. The monoisotopic (exact) mass is 332 g/mol. The summed E-state index contributed by atoms with van der Waals surface area (Å²) in [5, 5.41) is 4.10. The van der Waals surface area contributed by atoms with Gasteiger partial charge < -0.3 is 11.1 Å². The van der Waals surface area contributed by atoms with Crippen LogP contribution in [0.1, 0.15) is 36.0 Å². The van der Waals surface area contributed by atoms with Crippen molar-refractivity contribution in [3.05, 3.63) is 27.7 Å². The molecule has 1 amide bonds. The molecule has 6 heteroatoms. The Morgan fingerprint density at radius 1 is 1.35 bits per heavy atom. The van der Waals surface area contributed by atoms with Gasteiger partial charge in [0.25, 0.3) is 5.91 Å². The first-order valence-electron chi connectivity index (χ1n) is 6.61. The van der Waals surface area contributed by atoms with Crippen LogP contribution in [0, 0.1) is 0 Å². The summed E-state index contributed by atoms with van der Waals surface area (Å²) in [5.74, 6) is -0.199. The molecule has 20 heavy (non-hydrogen) atoms. The zero-order valence-corrected chi connectivity index (χ0v) is 13.6. The number of halogens is 2. The number of nitrogen functional groups attached to an aromatic ring is 1. The molecule has 3 nitrogen and oxygen atoms in total. The lowest BCUT2D eigenvalue weighted by molar-refractivity contribution is 0.0929. The number of hydrogen-bond donors (Lipinski definition) is 2. The molecule has 0 saturated heterocycles. The zero-order chi connectivity index (χ0) is 14.7. The van der Waals surface area contributed by atoms with E-state index in [1.165, 1.54) is 6.42 Å². The molecule has 0 aromatic heterocycles. The largest absolute Gasteiger partial charge is 0.399 e. The molecule has 1 aromatic carbocycles. The average Bonchev–Trinajstić information content (AvgIpc) is 2.43. The smallest absolute Gasteiger partial charge is 0.253 e. The zero-order valence-electron chi connectivity index (χ0n) is 11.3. The second kappa shape index (κ2) is 6.92. The standard InChI is InChI=1S/C14H18Cl2N2OS/c1-20-12-5-3-2-4-11(12)18-14(19)9-6-8(17)7-10(15)13(9)16/h6-7,11-12H,2-5,17H2,1H3,(H,18,19). The molecule has 1 aliphatic rings. The number of carbonyl (C=O) groups is 1. The maximum atomic E-state index is 12.4. The Morgan fingerprint density at radius 2 is 2.05 bits per heavy atom. The molecule has 0 bridgehead atoms. The Hall–Kier alpha value is -0.580. The highest BCUT2D eigenvalue weighted by Gasteiger charge is 2.27. The van der Waals surface area contributed by atoms with Crippen molar-refractivity contribution >= 4 is 46.6 Å². The molecule has 1 aromatic rings. The van der Waals surface area contributed by atoms with Crippen LogP contribution >= 0.6 is 35.0 Å². The van der Waals surface area contributed by atoms with Crippen LogP contribution in [-0.2, 0) is 0 Å². The van der Waals surface area contributed by atoms with Crippen molar-refractivity contribution in [3.8, 4) is 0 Å². The average molecular weight is 333 g/mol. The number of thioether (sulfide) groups is 1. The lowest BCUT2D eigenvalue weighted by atomic mass is 9.94. The van der Waals surface area contributed by atoms with Gasteiger partial charge in [-0.3, -0.25) is 4.79 Å².